The van der Waals surface area contributed by atoms with E-state index in [2.05, 4.69) is 10.2 Å². The summed E-state index contributed by atoms with van der Waals surface area (Å²) in [6, 6.07) is 4.08. The second-order valence-corrected chi connectivity index (χ2v) is 8.82. The molecule has 0 spiro atoms. The molecule has 8 heteroatoms. The van der Waals surface area contributed by atoms with Crippen molar-refractivity contribution >= 4 is 15.5 Å². The molecule has 0 radical (unpaired) electrons. The van der Waals surface area contributed by atoms with E-state index < -0.39 is 21.3 Å². The van der Waals surface area contributed by atoms with Gasteiger partial charge in [-0.1, -0.05) is 0 Å². The van der Waals surface area contributed by atoms with Crippen LogP contribution in [-0.2, 0) is 9.84 Å². The summed E-state index contributed by atoms with van der Waals surface area (Å²) in [5.41, 5.74) is -0.229. The van der Waals surface area contributed by atoms with E-state index in [1.165, 1.54) is 12.1 Å². The highest BCUT2D eigenvalue weighted by molar-refractivity contribution is 7.90. The Balaban J connectivity index is 1.62. The van der Waals surface area contributed by atoms with Gasteiger partial charge in [-0.2, -0.15) is 0 Å². The van der Waals surface area contributed by atoms with Crippen LogP contribution in [0.25, 0.3) is 0 Å². The van der Waals surface area contributed by atoms with E-state index in [9.17, 15) is 17.9 Å². The van der Waals surface area contributed by atoms with Crippen molar-refractivity contribution in [3.63, 3.8) is 0 Å². The van der Waals surface area contributed by atoms with Crippen molar-refractivity contribution < 1.29 is 17.9 Å². The van der Waals surface area contributed by atoms with Crippen LogP contribution in [0.2, 0.25) is 0 Å². The summed E-state index contributed by atoms with van der Waals surface area (Å²) in [6.07, 6.45) is 1.83. The lowest BCUT2D eigenvalue weighted by atomic mass is 10.0. The Morgan fingerprint density at radius 3 is 2.54 bits per heavy atom. The van der Waals surface area contributed by atoms with Crippen molar-refractivity contribution in [2.24, 2.45) is 0 Å². The number of hydrogen-bond acceptors (Lipinski definition) is 6. The monoisotopic (exact) mass is 357 g/mol. The first-order valence-corrected chi connectivity index (χ1v) is 10.1. The van der Waals surface area contributed by atoms with Crippen molar-refractivity contribution in [3.05, 3.63) is 24.0 Å². The van der Waals surface area contributed by atoms with Gasteiger partial charge in [0.1, 0.15) is 5.82 Å². The highest BCUT2D eigenvalue weighted by Crippen LogP contribution is 2.25. The number of β-amino-alcohol motifs (C(OH)–C–C–N with tert-alkyl or cyclic N) is 1. The van der Waals surface area contributed by atoms with E-state index in [1.807, 2.05) is 4.90 Å². The molecule has 3 rings (SSSR count). The Labute approximate surface area is 142 Å². The predicted molar refractivity (Wildman–Crippen MR) is 90.6 cm³/mol. The normalized spacial score (nSPS) is 26.0. The van der Waals surface area contributed by atoms with Gasteiger partial charge in [0.2, 0.25) is 0 Å². The zero-order chi connectivity index (χ0) is 17.4. The van der Waals surface area contributed by atoms with Crippen LogP contribution in [0.1, 0.15) is 6.42 Å². The van der Waals surface area contributed by atoms with Crippen molar-refractivity contribution in [2.75, 3.05) is 57.0 Å². The highest BCUT2D eigenvalue weighted by Gasteiger charge is 2.34. The number of aliphatic hydroxyl groups is 1. The van der Waals surface area contributed by atoms with Gasteiger partial charge in [0.25, 0.3) is 0 Å². The number of benzene rings is 1. The van der Waals surface area contributed by atoms with Crippen LogP contribution in [0.3, 0.4) is 0 Å². The van der Waals surface area contributed by atoms with Gasteiger partial charge >= 0.3 is 0 Å². The summed E-state index contributed by atoms with van der Waals surface area (Å²) < 4.78 is 37.3. The van der Waals surface area contributed by atoms with Crippen molar-refractivity contribution in [2.45, 2.75) is 16.9 Å². The fraction of sp³-hybridized carbons (Fsp3) is 0.625. The molecular formula is C16H24FN3O3S. The first-order chi connectivity index (χ1) is 11.3. The van der Waals surface area contributed by atoms with Gasteiger partial charge in [-0.15, -0.1) is 0 Å². The molecule has 1 aromatic rings. The van der Waals surface area contributed by atoms with Crippen LogP contribution in [0.15, 0.2) is 23.1 Å². The van der Waals surface area contributed by atoms with E-state index >= 15 is 0 Å². The fourth-order valence-electron chi connectivity index (χ4n) is 3.40. The third-order valence-corrected chi connectivity index (χ3v) is 5.91. The molecule has 0 aromatic heterocycles. The molecule has 2 saturated heterocycles. The summed E-state index contributed by atoms with van der Waals surface area (Å²) in [6.45, 7) is 4.88. The molecule has 0 bridgehead atoms. The second kappa shape index (κ2) is 6.59. The average Bonchev–Trinajstić information content (AvgIpc) is 2.93. The molecular weight excluding hydrogens is 333 g/mol. The van der Waals surface area contributed by atoms with Gasteiger partial charge in [0.15, 0.2) is 9.84 Å². The fourth-order valence-corrected chi connectivity index (χ4v) is 4.04. The third-order valence-electron chi connectivity index (χ3n) is 4.80. The maximum Gasteiger partial charge on any atom is 0.175 e. The molecule has 0 aliphatic carbocycles. The molecule has 0 saturated carbocycles. The van der Waals surface area contributed by atoms with Crippen LogP contribution in [0.4, 0.5) is 10.1 Å². The maximum atomic E-state index is 14.3. The molecule has 2 aliphatic rings. The quantitative estimate of drug-likeness (QED) is 0.795. The Kier molecular flexibility index (Phi) is 4.83. The molecule has 0 amide bonds. The largest absolute Gasteiger partial charge is 0.387 e. The number of halogens is 1. The Bertz CT molecular complexity index is 697. The molecule has 1 atom stereocenters. The van der Waals surface area contributed by atoms with Gasteiger partial charge in [-0.25, -0.2) is 12.8 Å². The minimum Gasteiger partial charge on any atom is -0.387 e. The number of anilines is 1. The Morgan fingerprint density at radius 1 is 1.29 bits per heavy atom. The van der Waals surface area contributed by atoms with Gasteiger partial charge in [0.05, 0.1) is 16.2 Å². The molecule has 2 aliphatic heterocycles. The van der Waals surface area contributed by atoms with Crippen molar-refractivity contribution in [3.8, 4) is 0 Å². The minimum atomic E-state index is -3.40. The molecule has 2 heterocycles. The van der Waals surface area contributed by atoms with Crippen LogP contribution < -0.4 is 10.2 Å². The zero-order valence-electron chi connectivity index (χ0n) is 13.8. The van der Waals surface area contributed by atoms with E-state index in [1.54, 1.807) is 0 Å². The zero-order valence-corrected chi connectivity index (χ0v) is 14.6. The summed E-state index contributed by atoms with van der Waals surface area (Å²) in [4.78, 5) is 4.12. The lowest BCUT2D eigenvalue weighted by molar-refractivity contribution is 0.0193. The summed E-state index contributed by atoms with van der Waals surface area (Å²) in [5, 5.41) is 13.6. The van der Waals surface area contributed by atoms with Crippen LogP contribution in [0.5, 0.6) is 0 Å². The number of sulfone groups is 1. The van der Waals surface area contributed by atoms with Gasteiger partial charge in [-0.05, 0) is 31.2 Å². The lowest BCUT2D eigenvalue weighted by Crippen LogP contribution is -2.52. The smallest absolute Gasteiger partial charge is 0.175 e. The molecule has 1 aromatic carbocycles. The molecule has 24 heavy (non-hydrogen) atoms. The summed E-state index contributed by atoms with van der Waals surface area (Å²) >= 11 is 0. The van der Waals surface area contributed by atoms with Gasteiger partial charge in [-0.3, -0.25) is 4.90 Å². The van der Waals surface area contributed by atoms with Gasteiger partial charge in [0, 0.05) is 45.5 Å². The number of piperazine rings is 1. The highest BCUT2D eigenvalue weighted by atomic mass is 32.2. The molecule has 2 N–H and O–H groups in total. The minimum absolute atomic E-state index is 0.00154. The Morgan fingerprint density at radius 2 is 2.00 bits per heavy atom. The third kappa shape index (κ3) is 3.88. The van der Waals surface area contributed by atoms with E-state index in [0.717, 1.165) is 38.4 Å². The summed E-state index contributed by atoms with van der Waals surface area (Å²) in [7, 11) is -3.40. The van der Waals surface area contributed by atoms with E-state index in [4.69, 9.17) is 0 Å². The van der Waals surface area contributed by atoms with Crippen LogP contribution >= 0.6 is 0 Å². The lowest BCUT2D eigenvalue weighted by Gasteiger charge is -2.39. The van der Waals surface area contributed by atoms with Gasteiger partial charge < -0.3 is 15.3 Å². The van der Waals surface area contributed by atoms with Crippen LogP contribution in [0, 0.1) is 5.82 Å². The van der Waals surface area contributed by atoms with E-state index in [0.29, 0.717) is 31.9 Å². The first kappa shape index (κ1) is 17.6. The number of rotatable bonds is 4. The number of hydrogen-bond donors (Lipinski definition) is 2. The molecule has 134 valence electrons. The van der Waals surface area contributed by atoms with Crippen molar-refractivity contribution in [1.29, 1.82) is 0 Å². The summed E-state index contributed by atoms with van der Waals surface area (Å²) in [5.74, 6) is -0.509. The molecule has 2 fully saturated rings. The maximum absolute atomic E-state index is 14.3. The molecule has 6 nitrogen and oxygen atoms in total. The number of nitrogens with zero attached hydrogens (tertiary/aromatic N) is 2. The van der Waals surface area contributed by atoms with Crippen LogP contribution in [-0.4, -0.2) is 76.1 Å². The standard InChI is InChI=1S/C16H24FN3O3S/c1-24(22,23)13-2-3-15(14(17)10-13)20-8-6-19(7-9-20)12-16(21)4-5-18-11-16/h2-3,10,18,21H,4-9,11-12H2,1H3/t16-/m1/s1. The average molecular weight is 357 g/mol. The van der Waals surface area contributed by atoms with Crippen molar-refractivity contribution in [1.82, 2.24) is 10.2 Å². The SMILES string of the molecule is CS(=O)(=O)c1ccc(N2CCN(C[C@@]3(O)CCNC3)CC2)c(F)c1. The second-order valence-electron chi connectivity index (χ2n) is 6.80. The Hall–Kier alpha value is -1.22. The first-order valence-electron chi connectivity index (χ1n) is 8.17. The topological polar surface area (TPSA) is 72.9 Å². The molecule has 0 unspecified atom stereocenters. The van der Waals surface area contributed by atoms with E-state index in [-0.39, 0.29) is 4.90 Å². The number of nitrogens with one attached hydrogen (secondary N) is 1. The predicted octanol–water partition coefficient (Wildman–Crippen LogP) is 0.0756.